The standard InChI is InChI=1S/C31H32F2N4O3/c1-2-21-9-6-10-23(11-21)17-36(20-30(38)28(34)15-24-12-25(32)16-26(33)13-24)31(39)29-19-37(40)18-27(35-29)14-22-7-4-3-5-8-22/h3-13,16,18-19,28,30,38H,2,14-15,17,20,34H2,1H3/t28-,30+/m0/s1. The van der Waals surface area contributed by atoms with Crippen molar-refractivity contribution in [2.24, 2.45) is 5.73 Å². The number of aliphatic hydroxyl groups is 1. The molecule has 208 valence electrons. The van der Waals surface area contributed by atoms with Crippen LogP contribution in [-0.2, 0) is 25.8 Å². The fraction of sp³-hybridized carbons (Fsp3) is 0.258. The van der Waals surface area contributed by atoms with Crippen LogP contribution in [0, 0.1) is 16.8 Å². The number of nitrogens with two attached hydrogens (primary N) is 1. The molecule has 0 bridgehead atoms. The van der Waals surface area contributed by atoms with Crippen LogP contribution in [0.4, 0.5) is 8.78 Å². The van der Waals surface area contributed by atoms with Crippen LogP contribution in [0.5, 0.6) is 0 Å². The first-order valence-corrected chi connectivity index (χ1v) is 13.1. The van der Waals surface area contributed by atoms with Gasteiger partial charge in [-0.05, 0) is 47.2 Å². The molecule has 2 atom stereocenters. The lowest BCUT2D eigenvalue weighted by molar-refractivity contribution is -0.606. The third-order valence-electron chi connectivity index (χ3n) is 6.59. The highest BCUT2D eigenvalue weighted by Crippen LogP contribution is 2.16. The molecule has 3 N–H and O–H groups in total. The van der Waals surface area contributed by atoms with Crippen molar-refractivity contribution in [3.8, 4) is 0 Å². The number of hydrogen-bond donors (Lipinski definition) is 2. The first kappa shape index (κ1) is 28.8. The number of carbonyl (C=O) groups is 1. The van der Waals surface area contributed by atoms with E-state index in [-0.39, 0.29) is 25.2 Å². The van der Waals surface area contributed by atoms with E-state index in [1.165, 1.54) is 11.1 Å². The smallest absolute Gasteiger partial charge is 0.279 e. The summed E-state index contributed by atoms with van der Waals surface area (Å²) in [6.07, 6.45) is 2.36. The first-order chi connectivity index (χ1) is 19.2. The minimum absolute atomic E-state index is 0.00539. The van der Waals surface area contributed by atoms with Crippen LogP contribution in [0.2, 0.25) is 0 Å². The van der Waals surface area contributed by atoms with E-state index in [0.717, 1.165) is 47.5 Å². The Morgan fingerprint density at radius 3 is 2.35 bits per heavy atom. The normalized spacial score (nSPS) is 12.6. The van der Waals surface area contributed by atoms with Gasteiger partial charge in [0, 0.05) is 31.6 Å². The fourth-order valence-electron chi connectivity index (χ4n) is 4.56. The largest absolute Gasteiger partial charge is 0.619 e. The Balaban J connectivity index is 1.58. The summed E-state index contributed by atoms with van der Waals surface area (Å²) in [7, 11) is 0. The van der Waals surface area contributed by atoms with E-state index in [1.807, 2.05) is 61.5 Å². The zero-order valence-corrected chi connectivity index (χ0v) is 22.2. The van der Waals surface area contributed by atoms with E-state index in [2.05, 4.69) is 4.98 Å². The first-order valence-electron chi connectivity index (χ1n) is 13.1. The van der Waals surface area contributed by atoms with Gasteiger partial charge in [0.05, 0.1) is 6.10 Å². The van der Waals surface area contributed by atoms with Gasteiger partial charge in [-0.1, -0.05) is 61.5 Å². The van der Waals surface area contributed by atoms with Crippen molar-refractivity contribution in [2.45, 2.75) is 44.9 Å². The summed E-state index contributed by atoms with van der Waals surface area (Å²) in [5, 5.41) is 23.4. The molecule has 3 aromatic carbocycles. The number of amides is 1. The summed E-state index contributed by atoms with van der Waals surface area (Å²) >= 11 is 0. The van der Waals surface area contributed by atoms with Gasteiger partial charge < -0.3 is 20.9 Å². The molecule has 0 radical (unpaired) electrons. The van der Waals surface area contributed by atoms with Gasteiger partial charge in [0.1, 0.15) is 17.3 Å². The molecule has 1 heterocycles. The van der Waals surface area contributed by atoms with Gasteiger partial charge in [0.25, 0.3) is 5.91 Å². The third kappa shape index (κ3) is 7.91. The zero-order valence-electron chi connectivity index (χ0n) is 22.2. The van der Waals surface area contributed by atoms with Crippen molar-refractivity contribution in [2.75, 3.05) is 6.54 Å². The SMILES string of the molecule is CCc1cccc(CN(C[C@@H](O)[C@@H](N)Cc2cc(F)cc(F)c2)C(=O)c2c[n+]([O-])cc(Cc3ccccc3)n2)c1. The Hall–Kier alpha value is -4.21. The highest BCUT2D eigenvalue weighted by molar-refractivity contribution is 5.91. The molecule has 0 saturated heterocycles. The van der Waals surface area contributed by atoms with Crippen molar-refractivity contribution < 1.29 is 23.4 Å². The molecule has 40 heavy (non-hydrogen) atoms. The molecule has 0 aliphatic heterocycles. The third-order valence-corrected chi connectivity index (χ3v) is 6.59. The summed E-state index contributed by atoms with van der Waals surface area (Å²) in [5.41, 5.74) is 9.70. The van der Waals surface area contributed by atoms with Crippen LogP contribution in [0.1, 0.15) is 45.4 Å². The summed E-state index contributed by atoms with van der Waals surface area (Å²) in [4.78, 5) is 19.6. The molecule has 7 nitrogen and oxygen atoms in total. The van der Waals surface area contributed by atoms with Crippen LogP contribution in [0.25, 0.3) is 0 Å². The van der Waals surface area contributed by atoms with Crippen molar-refractivity contribution in [3.63, 3.8) is 0 Å². The van der Waals surface area contributed by atoms with Crippen LogP contribution >= 0.6 is 0 Å². The van der Waals surface area contributed by atoms with Crippen LogP contribution < -0.4 is 10.5 Å². The Morgan fingerprint density at radius 1 is 0.975 bits per heavy atom. The maximum absolute atomic E-state index is 13.7. The predicted molar refractivity (Wildman–Crippen MR) is 147 cm³/mol. The van der Waals surface area contributed by atoms with E-state index in [0.29, 0.717) is 22.4 Å². The molecule has 4 aromatic rings. The van der Waals surface area contributed by atoms with Gasteiger partial charge in [-0.2, -0.15) is 4.73 Å². The van der Waals surface area contributed by atoms with E-state index in [9.17, 15) is 23.9 Å². The number of halogens is 2. The number of nitrogens with zero attached hydrogens (tertiary/aromatic N) is 3. The summed E-state index contributed by atoms with van der Waals surface area (Å²) in [6, 6.07) is 19.3. The lowest BCUT2D eigenvalue weighted by Gasteiger charge is -2.28. The van der Waals surface area contributed by atoms with Crippen LogP contribution in [-0.4, -0.2) is 39.6 Å². The Morgan fingerprint density at radius 2 is 1.65 bits per heavy atom. The van der Waals surface area contributed by atoms with Gasteiger partial charge in [-0.25, -0.2) is 13.8 Å². The quantitative estimate of drug-likeness (QED) is 0.220. The molecule has 1 amide bonds. The van der Waals surface area contributed by atoms with E-state index >= 15 is 0 Å². The van der Waals surface area contributed by atoms with Gasteiger partial charge >= 0.3 is 0 Å². The second-order valence-electron chi connectivity index (χ2n) is 9.84. The molecule has 0 aliphatic carbocycles. The second-order valence-corrected chi connectivity index (χ2v) is 9.84. The average molecular weight is 547 g/mol. The second kappa shape index (κ2) is 13.2. The molecule has 9 heteroatoms. The van der Waals surface area contributed by atoms with Crippen LogP contribution in [0.3, 0.4) is 0 Å². The minimum atomic E-state index is -1.23. The lowest BCUT2D eigenvalue weighted by Crippen LogP contribution is -2.47. The van der Waals surface area contributed by atoms with Gasteiger partial charge in [0.15, 0.2) is 5.69 Å². The maximum Gasteiger partial charge on any atom is 0.279 e. The number of benzene rings is 3. The number of hydrogen-bond acceptors (Lipinski definition) is 5. The Labute approximate surface area is 232 Å². The zero-order chi connectivity index (χ0) is 28.6. The molecule has 0 saturated carbocycles. The molecular formula is C31H32F2N4O3. The predicted octanol–water partition coefficient (Wildman–Crippen LogP) is 3.72. The molecule has 0 unspecified atom stereocenters. The fourth-order valence-corrected chi connectivity index (χ4v) is 4.56. The topological polar surface area (TPSA) is 106 Å². The number of aliphatic hydroxyl groups excluding tert-OH is 1. The number of aromatic nitrogens is 2. The number of carbonyl (C=O) groups excluding carboxylic acids is 1. The number of aryl methyl sites for hydroxylation is 1. The summed E-state index contributed by atoms with van der Waals surface area (Å²) in [5.74, 6) is -2.03. The summed E-state index contributed by atoms with van der Waals surface area (Å²) in [6.45, 7) is 1.97. The Kier molecular flexibility index (Phi) is 9.52. The maximum atomic E-state index is 13.7. The van der Waals surface area contributed by atoms with Crippen LogP contribution in [0.15, 0.2) is 85.2 Å². The van der Waals surface area contributed by atoms with E-state index in [1.54, 1.807) is 0 Å². The lowest BCUT2D eigenvalue weighted by atomic mass is 10.0. The van der Waals surface area contributed by atoms with Gasteiger partial charge in [-0.15, -0.1) is 0 Å². The molecule has 0 fully saturated rings. The molecule has 1 aromatic heterocycles. The average Bonchev–Trinajstić information content (AvgIpc) is 2.92. The number of rotatable bonds is 11. The highest BCUT2D eigenvalue weighted by Gasteiger charge is 2.26. The highest BCUT2D eigenvalue weighted by atomic mass is 19.1. The summed E-state index contributed by atoms with van der Waals surface area (Å²) < 4.78 is 27.9. The molecular weight excluding hydrogens is 514 g/mol. The Bertz CT molecular complexity index is 1430. The molecule has 0 spiro atoms. The monoisotopic (exact) mass is 546 g/mol. The van der Waals surface area contributed by atoms with E-state index in [4.69, 9.17) is 5.73 Å². The van der Waals surface area contributed by atoms with Gasteiger partial charge in [0.2, 0.25) is 12.4 Å². The minimum Gasteiger partial charge on any atom is -0.619 e. The van der Waals surface area contributed by atoms with Gasteiger partial charge in [-0.3, -0.25) is 4.79 Å². The van der Waals surface area contributed by atoms with E-state index < -0.39 is 29.7 Å². The molecule has 0 aliphatic rings. The molecule has 4 rings (SSSR count). The van der Waals surface area contributed by atoms with Crippen molar-refractivity contribution >= 4 is 5.91 Å². The van der Waals surface area contributed by atoms with Crippen molar-refractivity contribution in [1.82, 2.24) is 9.88 Å². The van der Waals surface area contributed by atoms with Crippen molar-refractivity contribution in [1.29, 1.82) is 0 Å². The van der Waals surface area contributed by atoms with Crippen molar-refractivity contribution in [3.05, 3.63) is 136 Å².